The van der Waals surface area contributed by atoms with E-state index in [1.807, 2.05) is 12.1 Å². The van der Waals surface area contributed by atoms with E-state index in [0.29, 0.717) is 13.0 Å². The van der Waals surface area contributed by atoms with Gasteiger partial charge in [0.15, 0.2) is 0 Å². The Balaban J connectivity index is 0.00000256. The zero-order valence-electron chi connectivity index (χ0n) is 17.5. The maximum absolute atomic E-state index is 14.4. The summed E-state index contributed by atoms with van der Waals surface area (Å²) in [6.45, 7) is 2.74. The topological polar surface area (TPSA) is 41.1 Å². The van der Waals surface area contributed by atoms with Gasteiger partial charge in [0.25, 0.3) is 0 Å². The molecule has 0 bridgehead atoms. The van der Waals surface area contributed by atoms with Gasteiger partial charge in [-0.25, -0.2) is 4.39 Å². The van der Waals surface area contributed by atoms with E-state index in [4.69, 9.17) is 0 Å². The summed E-state index contributed by atoms with van der Waals surface area (Å²) in [5.74, 6) is 0.585. The van der Waals surface area contributed by atoms with Crippen molar-refractivity contribution in [3.63, 3.8) is 0 Å². The van der Waals surface area contributed by atoms with Gasteiger partial charge in [0.05, 0.1) is 6.42 Å². The van der Waals surface area contributed by atoms with Gasteiger partial charge in [0, 0.05) is 12.0 Å². The van der Waals surface area contributed by atoms with Crippen LogP contribution in [0.2, 0.25) is 0 Å². The molecule has 1 saturated heterocycles. The number of halogens is 2. The maximum Gasteiger partial charge on any atom is 0.224 e. The second-order valence-corrected chi connectivity index (χ2v) is 8.80. The average Bonchev–Trinajstić information content (AvgIpc) is 3.41. The molecule has 1 aliphatic heterocycles. The molecule has 0 radical (unpaired) electrons. The smallest absolute Gasteiger partial charge is 0.224 e. The highest BCUT2D eigenvalue weighted by Crippen LogP contribution is 2.41. The Morgan fingerprint density at radius 1 is 1.07 bits per heavy atom. The van der Waals surface area contributed by atoms with Crippen molar-refractivity contribution in [2.45, 2.75) is 50.4 Å². The number of nitrogens with one attached hydrogen (secondary N) is 2. The molecule has 30 heavy (non-hydrogen) atoms. The van der Waals surface area contributed by atoms with E-state index in [1.54, 1.807) is 6.07 Å². The van der Waals surface area contributed by atoms with Gasteiger partial charge >= 0.3 is 0 Å². The normalized spacial score (nSPS) is 20.0. The Morgan fingerprint density at radius 2 is 1.77 bits per heavy atom. The van der Waals surface area contributed by atoms with Crippen molar-refractivity contribution in [3.8, 4) is 0 Å². The van der Waals surface area contributed by atoms with Gasteiger partial charge in [-0.3, -0.25) is 4.79 Å². The van der Waals surface area contributed by atoms with Crippen molar-refractivity contribution < 1.29 is 9.18 Å². The Hall–Kier alpha value is -1.91. The molecule has 2 aliphatic rings. The average molecular weight is 431 g/mol. The number of carbonyl (C=O) groups excluding carboxylic acids is 1. The standard InChI is InChI=1S/C25H31FN2O.ClH/c26-23-6-2-1-5-22(23)25(12-3-4-13-25)18-28-24(29)16-20-9-7-19(8-10-20)15-21-11-14-27-17-21;/h1-2,5-10,21,27H,3-4,11-18H2,(H,28,29);1H. The maximum atomic E-state index is 14.4. The molecule has 1 aliphatic carbocycles. The van der Waals surface area contributed by atoms with E-state index in [0.717, 1.165) is 62.2 Å². The molecule has 2 aromatic rings. The number of hydrogen-bond donors (Lipinski definition) is 2. The number of benzene rings is 2. The molecular weight excluding hydrogens is 399 g/mol. The summed E-state index contributed by atoms with van der Waals surface area (Å²) < 4.78 is 14.4. The van der Waals surface area contributed by atoms with Crippen molar-refractivity contribution in [2.24, 2.45) is 5.92 Å². The van der Waals surface area contributed by atoms with E-state index in [2.05, 4.69) is 34.9 Å². The van der Waals surface area contributed by atoms with Crippen molar-refractivity contribution in [1.82, 2.24) is 10.6 Å². The largest absolute Gasteiger partial charge is 0.355 e. The number of rotatable bonds is 7. The molecule has 2 aromatic carbocycles. The molecule has 1 atom stereocenters. The molecule has 1 unspecified atom stereocenters. The summed E-state index contributed by atoms with van der Waals surface area (Å²) in [5.41, 5.74) is 2.86. The van der Waals surface area contributed by atoms with Crippen LogP contribution in [-0.2, 0) is 23.1 Å². The molecule has 3 nitrogen and oxygen atoms in total. The summed E-state index contributed by atoms with van der Waals surface area (Å²) in [6.07, 6.45) is 6.75. The molecular formula is C25H32ClFN2O. The minimum atomic E-state index is -0.264. The fourth-order valence-electron chi connectivity index (χ4n) is 5.02. The molecule has 2 N–H and O–H groups in total. The van der Waals surface area contributed by atoms with Crippen LogP contribution in [-0.4, -0.2) is 25.5 Å². The summed E-state index contributed by atoms with van der Waals surface area (Å²) in [7, 11) is 0. The molecule has 0 spiro atoms. The van der Waals surface area contributed by atoms with Crippen LogP contribution in [0.4, 0.5) is 4.39 Å². The van der Waals surface area contributed by atoms with Gasteiger partial charge in [0.2, 0.25) is 5.91 Å². The second-order valence-electron chi connectivity index (χ2n) is 8.80. The van der Waals surface area contributed by atoms with Crippen molar-refractivity contribution >= 4 is 18.3 Å². The molecule has 4 rings (SSSR count). The predicted octanol–water partition coefficient (Wildman–Crippen LogP) is 4.57. The molecule has 5 heteroatoms. The minimum Gasteiger partial charge on any atom is -0.355 e. The van der Waals surface area contributed by atoms with Crippen LogP contribution in [0, 0.1) is 11.7 Å². The Labute approximate surface area is 185 Å². The molecule has 0 aromatic heterocycles. The van der Waals surface area contributed by atoms with Crippen molar-refractivity contribution in [1.29, 1.82) is 0 Å². The molecule has 1 heterocycles. The summed E-state index contributed by atoms with van der Waals surface area (Å²) in [5, 5.41) is 6.51. The zero-order chi connectivity index (χ0) is 20.1. The van der Waals surface area contributed by atoms with Crippen molar-refractivity contribution in [3.05, 3.63) is 71.0 Å². The van der Waals surface area contributed by atoms with Gasteiger partial charge in [-0.05, 0) is 67.4 Å². The lowest BCUT2D eigenvalue weighted by Gasteiger charge is -2.30. The minimum absolute atomic E-state index is 0. The highest BCUT2D eigenvalue weighted by molar-refractivity contribution is 5.85. The number of carbonyl (C=O) groups is 1. The van der Waals surface area contributed by atoms with E-state index in [9.17, 15) is 9.18 Å². The summed E-state index contributed by atoms with van der Waals surface area (Å²) in [6, 6.07) is 15.5. The van der Waals surface area contributed by atoms with E-state index >= 15 is 0 Å². The first kappa shape index (κ1) is 22.8. The zero-order valence-corrected chi connectivity index (χ0v) is 18.3. The summed E-state index contributed by atoms with van der Waals surface area (Å²) >= 11 is 0. The van der Waals surface area contributed by atoms with Crippen LogP contribution in [0.3, 0.4) is 0 Å². The predicted molar refractivity (Wildman–Crippen MR) is 122 cm³/mol. The van der Waals surface area contributed by atoms with Crippen LogP contribution < -0.4 is 10.6 Å². The molecule has 2 fully saturated rings. The number of hydrogen-bond acceptors (Lipinski definition) is 2. The van der Waals surface area contributed by atoms with Gasteiger partial charge in [-0.2, -0.15) is 0 Å². The van der Waals surface area contributed by atoms with E-state index in [-0.39, 0.29) is 29.5 Å². The third-order valence-corrected chi connectivity index (χ3v) is 6.70. The molecule has 162 valence electrons. The molecule has 1 amide bonds. The highest BCUT2D eigenvalue weighted by Gasteiger charge is 2.37. The van der Waals surface area contributed by atoms with Crippen molar-refractivity contribution in [2.75, 3.05) is 19.6 Å². The van der Waals surface area contributed by atoms with E-state index < -0.39 is 0 Å². The second kappa shape index (κ2) is 10.4. The fourth-order valence-corrected chi connectivity index (χ4v) is 5.02. The van der Waals surface area contributed by atoms with Crippen LogP contribution >= 0.6 is 12.4 Å². The fraction of sp³-hybridized carbons (Fsp3) is 0.480. The van der Waals surface area contributed by atoms with E-state index in [1.165, 1.54) is 18.1 Å². The third-order valence-electron chi connectivity index (χ3n) is 6.70. The molecule has 1 saturated carbocycles. The van der Waals surface area contributed by atoms with Gasteiger partial charge in [-0.15, -0.1) is 12.4 Å². The SMILES string of the molecule is Cl.O=C(Cc1ccc(CC2CCNC2)cc1)NCC1(c2ccccc2F)CCCC1. The first-order valence-electron chi connectivity index (χ1n) is 10.9. The number of amides is 1. The Morgan fingerprint density at radius 3 is 2.43 bits per heavy atom. The Kier molecular flexibility index (Phi) is 7.90. The highest BCUT2D eigenvalue weighted by atomic mass is 35.5. The lowest BCUT2D eigenvalue weighted by Crippen LogP contribution is -2.40. The van der Waals surface area contributed by atoms with Crippen LogP contribution in [0.15, 0.2) is 48.5 Å². The lowest BCUT2D eigenvalue weighted by molar-refractivity contribution is -0.120. The lowest BCUT2D eigenvalue weighted by atomic mass is 9.78. The van der Waals surface area contributed by atoms with Gasteiger partial charge in [-0.1, -0.05) is 55.3 Å². The van der Waals surface area contributed by atoms with Crippen LogP contribution in [0.1, 0.15) is 48.8 Å². The first-order valence-corrected chi connectivity index (χ1v) is 10.9. The van der Waals surface area contributed by atoms with Crippen LogP contribution in [0.5, 0.6) is 0 Å². The third kappa shape index (κ3) is 5.41. The van der Waals surface area contributed by atoms with Crippen LogP contribution in [0.25, 0.3) is 0 Å². The monoisotopic (exact) mass is 430 g/mol. The quantitative estimate of drug-likeness (QED) is 0.675. The Bertz CT molecular complexity index is 827. The van der Waals surface area contributed by atoms with Gasteiger partial charge in [0.1, 0.15) is 5.82 Å². The first-order chi connectivity index (χ1) is 14.1. The summed E-state index contributed by atoms with van der Waals surface area (Å²) in [4.78, 5) is 12.6. The van der Waals surface area contributed by atoms with Gasteiger partial charge < -0.3 is 10.6 Å².